The number of rotatable bonds is 2. The van der Waals surface area contributed by atoms with E-state index in [0.29, 0.717) is 6.04 Å². The predicted molar refractivity (Wildman–Crippen MR) is 60.1 cm³/mol. The van der Waals surface area contributed by atoms with Gasteiger partial charge in [0.2, 0.25) is 0 Å². The van der Waals surface area contributed by atoms with Gasteiger partial charge in [0.25, 0.3) is 0 Å². The Hall–Kier alpha value is -0.770. The van der Waals surface area contributed by atoms with Crippen LogP contribution in [0.25, 0.3) is 0 Å². The van der Waals surface area contributed by atoms with Crippen molar-refractivity contribution in [3.63, 3.8) is 0 Å². The Balaban J connectivity index is 2.59. The second-order valence-electron chi connectivity index (χ2n) is 5.57. The maximum absolute atomic E-state index is 11.2. The summed E-state index contributed by atoms with van der Waals surface area (Å²) in [6.45, 7) is 5.85. The summed E-state index contributed by atoms with van der Waals surface area (Å²) in [5, 5.41) is 9.18. The molecule has 0 aromatic rings. The second kappa shape index (κ2) is 4.00. The van der Waals surface area contributed by atoms with Crippen LogP contribution >= 0.6 is 0 Å². The maximum atomic E-state index is 11.2. The third-order valence-corrected chi connectivity index (χ3v) is 3.11. The topological polar surface area (TPSA) is 43.8 Å². The minimum Gasteiger partial charge on any atom is -0.465 e. The van der Waals surface area contributed by atoms with Crippen molar-refractivity contribution in [1.29, 1.82) is 0 Å². The molecule has 1 N–H and O–H groups in total. The van der Waals surface area contributed by atoms with Gasteiger partial charge < -0.3 is 14.9 Å². The average molecular weight is 214 g/mol. The first-order valence-corrected chi connectivity index (χ1v) is 5.42. The normalized spacial score (nSPS) is 26.3. The molecule has 0 aromatic heterocycles. The molecule has 88 valence electrons. The molecule has 15 heavy (non-hydrogen) atoms. The van der Waals surface area contributed by atoms with Crippen molar-refractivity contribution < 1.29 is 9.90 Å². The first-order valence-electron chi connectivity index (χ1n) is 5.42. The minimum atomic E-state index is -0.801. The van der Waals surface area contributed by atoms with E-state index in [-0.39, 0.29) is 11.6 Å². The van der Waals surface area contributed by atoms with Gasteiger partial charge in [-0.1, -0.05) is 0 Å². The molecule has 0 aromatic carbocycles. The van der Waals surface area contributed by atoms with Gasteiger partial charge in [0.15, 0.2) is 0 Å². The molecule has 1 amide bonds. The lowest BCUT2D eigenvalue weighted by molar-refractivity contribution is 0.00784. The van der Waals surface area contributed by atoms with Crippen LogP contribution < -0.4 is 0 Å². The third kappa shape index (κ3) is 2.62. The van der Waals surface area contributed by atoms with Gasteiger partial charge in [-0.25, -0.2) is 4.79 Å². The lowest BCUT2D eigenvalue weighted by atomic mass is 9.82. The standard InChI is InChI=1S/C11H22N2O2/c1-11(2,3)13(10(14)15)9-6-8(7-9)12(4)5/h8-9H,6-7H2,1-5H3,(H,14,15)/t8-,9+. The summed E-state index contributed by atoms with van der Waals surface area (Å²) in [7, 11) is 4.09. The highest BCUT2D eigenvalue weighted by molar-refractivity contribution is 5.66. The highest BCUT2D eigenvalue weighted by Gasteiger charge is 2.41. The highest BCUT2D eigenvalue weighted by Crippen LogP contribution is 2.33. The summed E-state index contributed by atoms with van der Waals surface area (Å²) < 4.78 is 0. The van der Waals surface area contributed by atoms with Crippen molar-refractivity contribution in [2.45, 2.75) is 51.2 Å². The fourth-order valence-corrected chi connectivity index (χ4v) is 2.18. The van der Waals surface area contributed by atoms with Crippen LogP contribution in [0.4, 0.5) is 4.79 Å². The number of carbonyl (C=O) groups is 1. The molecule has 0 aliphatic heterocycles. The van der Waals surface area contributed by atoms with Gasteiger partial charge in [-0.3, -0.25) is 0 Å². The molecule has 0 saturated heterocycles. The van der Waals surface area contributed by atoms with Crippen LogP contribution in [0.2, 0.25) is 0 Å². The summed E-state index contributed by atoms with van der Waals surface area (Å²) in [4.78, 5) is 14.9. The van der Waals surface area contributed by atoms with Crippen LogP contribution in [0, 0.1) is 0 Å². The van der Waals surface area contributed by atoms with Crippen LogP contribution in [0.5, 0.6) is 0 Å². The van der Waals surface area contributed by atoms with Gasteiger partial charge in [0.1, 0.15) is 0 Å². The molecule has 1 fully saturated rings. The van der Waals surface area contributed by atoms with E-state index in [4.69, 9.17) is 0 Å². The van der Waals surface area contributed by atoms with E-state index in [1.807, 2.05) is 34.9 Å². The summed E-state index contributed by atoms with van der Waals surface area (Å²) in [5.41, 5.74) is -0.298. The number of carboxylic acid groups (broad SMARTS) is 1. The Labute approximate surface area is 91.9 Å². The second-order valence-corrected chi connectivity index (χ2v) is 5.57. The van der Waals surface area contributed by atoms with Crippen LogP contribution in [-0.4, -0.2) is 52.7 Å². The Kier molecular flexibility index (Phi) is 3.28. The molecule has 0 unspecified atom stereocenters. The Morgan fingerprint density at radius 3 is 1.93 bits per heavy atom. The van der Waals surface area contributed by atoms with E-state index in [1.54, 1.807) is 4.90 Å². The number of nitrogens with zero attached hydrogens (tertiary/aromatic N) is 2. The molecule has 1 rings (SSSR count). The van der Waals surface area contributed by atoms with Gasteiger partial charge in [-0.2, -0.15) is 0 Å². The van der Waals surface area contributed by atoms with Crippen molar-refractivity contribution >= 4 is 6.09 Å². The molecule has 0 atom stereocenters. The summed E-state index contributed by atoms with van der Waals surface area (Å²) in [5.74, 6) is 0. The largest absolute Gasteiger partial charge is 0.465 e. The Morgan fingerprint density at radius 2 is 1.67 bits per heavy atom. The van der Waals surface area contributed by atoms with E-state index in [2.05, 4.69) is 4.90 Å². The van der Waals surface area contributed by atoms with Gasteiger partial charge >= 0.3 is 6.09 Å². The zero-order chi connectivity index (χ0) is 11.8. The molecule has 1 saturated carbocycles. The molecule has 1 aliphatic rings. The first kappa shape index (κ1) is 12.3. The lowest BCUT2D eigenvalue weighted by Crippen LogP contribution is -2.59. The van der Waals surface area contributed by atoms with Crippen LogP contribution in [-0.2, 0) is 0 Å². The van der Waals surface area contributed by atoms with Crippen molar-refractivity contribution in [3.8, 4) is 0 Å². The molecular weight excluding hydrogens is 192 g/mol. The smallest absolute Gasteiger partial charge is 0.407 e. The molecule has 4 heteroatoms. The third-order valence-electron chi connectivity index (χ3n) is 3.11. The summed E-state index contributed by atoms with van der Waals surface area (Å²) in [6, 6.07) is 0.731. The fourth-order valence-electron chi connectivity index (χ4n) is 2.18. The average Bonchev–Trinajstić information content (AvgIpc) is 1.90. The maximum Gasteiger partial charge on any atom is 0.407 e. The highest BCUT2D eigenvalue weighted by atomic mass is 16.4. The van der Waals surface area contributed by atoms with E-state index in [0.717, 1.165) is 12.8 Å². The molecule has 4 nitrogen and oxygen atoms in total. The molecule has 0 heterocycles. The number of hydrogen-bond donors (Lipinski definition) is 1. The Morgan fingerprint density at radius 1 is 1.20 bits per heavy atom. The van der Waals surface area contributed by atoms with E-state index in [1.165, 1.54) is 0 Å². The quantitative estimate of drug-likeness (QED) is 0.763. The van der Waals surface area contributed by atoms with Crippen molar-refractivity contribution in [2.24, 2.45) is 0 Å². The molecule has 0 spiro atoms. The Bertz CT molecular complexity index is 239. The molecule has 0 bridgehead atoms. The van der Waals surface area contributed by atoms with Gasteiger partial charge in [-0.15, -0.1) is 0 Å². The van der Waals surface area contributed by atoms with Crippen LogP contribution in [0.1, 0.15) is 33.6 Å². The van der Waals surface area contributed by atoms with E-state index in [9.17, 15) is 9.90 Å². The van der Waals surface area contributed by atoms with Gasteiger partial charge in [0.05, 0.1) is 0 Å². The van der Waals surface area contributed by atoms with Gasteiger partial charge in [-0.05, 0) is 47.7 Å². The molecular formula is C11H22N2O2. The number of hydrogen-bond acceptors (Lipinski definition) is 2. The fraction of sp³-hybridized carbons (Fsp3) is 0.909. The SMILES string of the molecule is CN(C)[C@H]1C[C@@H](N(C(=O)O)C(C)(C)C)C1. The monoisotopic (exact) mass is 214 g/mol. The van der Waals surface area contributed by atoms with E-state index < -0.39 is 6.09 Å². The van der Waals surface area contributed by atoms with Crippen molar-refractivity contribution in [1.82, 2.24) is 9.80 Å². The summed E-state index contributed by atoms with van der Waals surface area (Å²) in [6.07, 6.45) is 1.11. The van der Waals surface area contributed by atoms with Crippen molar-refractivity contribution in [3.05, 3.63) is 0 Å². The number of amides is 1. The van der Waals surface area contributed by atoms with Crippen LogP contribution in [0.3, 0.4) is 0 Å². The lowest BCUT2D eigenvalue weighted by Gasteiger charge is -2.49. The van der Waals surface area contributed by atoms with Crippen molar-refractivity contribution in [2.75, 3.05) is 14.1 Å². The zero-order valence-electron chi connectivity index (χ0n) is 10.3. The predicted octanol–water partition coefficient (Wildman–Crippen LogP) is 1.86. The van der Waals surface area contributed by atoms with Gasteiger partial charge in [0, 0.05) is 17.6 Å². The van der Waals surface area contributed by atoms with E-state index >= 15 is 0 Å². The minimum absolute atomic E-state index is 0.190. The molecule has 0 radical (unpaired) electrons. The molecule has 1 aliphatic carbocycles. The zero-order valence-corrected chi connectivity index (χ0v) is 10.3. The summed E-state index contributed by atoms with van der Waals surface area (Å²) >= 11 is 0. The first-order chi connectivity index (χ1) is 6.73. The van der Waals surface area contributed by atoms with Crippen LogP contribution in [0.15, 0.2) is 0 Å².